The van der Waals surface area contributed by atoms with Crippen LogP contribution >= 0.6 is 15.9 Å². The molecule has 8 heteroatoms. The number of ether oxygens (including phenoxy) is 2. The van der Waals surface area contributed by atoms with Gasteiger partial charge in [0.25, 0.3) is 0 Å². The second kappa shape index (κ2) is 6.80. The summed E-state index contributed by atoms with van der Waals surface area (Å²) >= 11 is 3.46. The van der Waals surface area contributed by atoms with Crippen molar-refractivity contribution in [1.82, 2.24) is 20.2 Å². The van der Waals surface area contributed by atoms with E-state index >= 15 is 0 Å². The van der Waals surface area contributed by atoms with Crippen LogP contribution < -0.4 is 14.8 Å². The number of hydrogen-bond acceptors (Lipinski definition) is 6. The van der Waals surface area contributed by atoms with Crippen LogP contribution in [0.25, 0.3) is 5.70 Å². The fraction of sp³-hybridized carbons (Fsp3) is 0.167. The summed E-state index contributed by atoms with van der Waals surface area (Å²) in [4.78, 5) is 0. The molecule has 1 atom stereocenters. The maximum atomic E-state index is 5.43. The highest BCUT2D eigenvalue weighted by atomic mass is 79.9. The summed E-state index contributed by atoms with van der Waals surface area (Å²) in [5.74, 6) is 1.93. The highest BCUT2D eigenvalue weighted by Gasteiger charge is 2.25. The number of nitrogens with zero attached hydrogens (tertiary/aromatic N) is 4. The first kappa shape index (κ1) is 16.6. The lowest BCUT2D eigenvalue weighted by Gasteiger charge is -2.24. The van der Waals surface area contributed by atoms with Crippen molar-refractivity contribution in [2.45, 2.75) is 6.04 Å². The van der Waals surface area contributed by atoms with E-state index in [1.165, 1.54) is 0 Å². The second-order valence-electron chi connectivity index (χ2n) is 5.72. The van der Waals surface area contributed by atoms with Crippen LogP contribution in [0.5, 0.6) is 11.5 Å². The molecule has 2 aromatic carbocycles. The maximum Gasteiger partial charge on any atom is 0.248 e. The first-order chi connectivity index (χ1) is 12.7. The van der Waals surface area contributed by atoms with E-state index in [1.54, 1.807) is 18.9 Å². The van der Waals surface area contributed by atoms with Crippen molar-refractivity contribution in [2.24, 2.45) is 0 Å². The standard InChI is InChI=1S/C18H16BrN5O2/c1-25-16-8-5-12(9-17(16)26-2)15-10-14(11-3-6-13(19)7-4-11)20-18-21-22-23-24(15)18/h3-10,15H,1-2H3,(H,20,21,23). The summed E-state index contributed by atoms with van der Waals surface area (Å²) in [5, 5.41) is 15.3. The molecule has 0 aliphatic carbocycles. The molecule has 4 rings (SSSR count). The number of nitrogens with one attached hydrogen (secondary N) is 1. The summed E-state index contributed by atoms with van der Waals surface area (Å²) in [6.45, 7) is 0. The van der Waals surface area contributed by atoms with Crippen LogP contribution in [-0.4, -0.2) is 34.4 Å². The molecule has 132 valence electrons. The SMILES string of the molecule is COc1ccc(C2C=C(c3ccc(Br)cc3)Nc3nnnn32)cc1OC. The van der Waals surface area contributed by atoms with E-state index in [9.17, 15) is 0 Å². The van der Waals surface area contributed by atoms with Gasteiger partial charge in [0.1, 0.15) is 6.04 Å². The van der Waals surface area contributed by atoms with Gasteiger partial charge >= 0.3 is 0 Å². The molecule has 1 unspecified atom stereocenters. The summed E-state index contributed by atoms with van der Waals surface area (Å²) in [5.41, 5.74) is 2.99. The van der Waals surface area contributed by atoms with Crippen molar-refractivity contribution in [1.29, 1.82) is 0 Å². The molecular formula is C18H16BrN5O2. The molecule has 1 aliphatic heterocycles. The number of hydrogen-bond donors (Lipinski definition) is 1. The summed E-state index contributed by atoms with van der Waals surface area (Å²) < 4.78 is 13.5. The topological polar surface area (TPSA) is 74.1 Å². The molecule has 1 aliphatic rings. The second-order valence-corrected chi connectivity index (χ2v) is 6.63. The third-order valence-electron chi connectivity index (χ3n) is 4.23. The van der Waals surface area contributed by atoms with E-state index in [0.717, 1.165) is 21.3 Å². The Balaban J connectivity index is 1.80. The molecule has 0 radical (unpaired) electrons. The van der Waals surface area contributed by atoms with Crippen LogP contribution in [0.3, 0.4) is 0 Å². The van der Waals surface area contributed by atoms with Crippen LogP contribution in [0.2, 0.25) is 0 Å². The van der Waals surface area contributed by atoms with Gasteiger partial charge in [0.15, 0.2) is 11.5 Å². The lowest BCUT2D eigenvalue weighted by Crippen LogP contribution is -2.20. The van der Waals surface area contributed by atoms with Crippen LogP contribution in [0, 0.1) is 0 Å². The number of rotatable bonds is 4. The summed E-state index contributed by atoms with van der Waals surface area (Å²) in [6.07, 6.45) is 2.09. The van der Waals surface area contributed by atoms with Crippen molar-refractivity contribution < 1.29 is 9.47 Å². The number of halogens is 1. The Bertz CT molecular complexity index is 968. The number of anilines is 1. The van der Waals surface area contributed by atoms with Gasteiger partial charge in [-0.05, 0) is 51.9 Å². The number of methoxy groups -OCH3 is 2. The largest absolute Gasteiger partial charge is 0.493 e. The van der Waals surface area contributed by atoms with Gasteiger partial charge in [-0.15, -0.1) is 0 Å². The average Bonchev–Trinajstić information content (AvgIpc) is 3.16. The van der Waals surface area contributed by atoms with Gasteiger partial charge in [-0.1, -0.05) is 39.2 Å². The molecular weight excluding hydrogens is 398 g/mol. The Hall–Kier alpha value is -2.87. The Morgan fingerprint density at radius 3 is 2.54 bits per heavy atom. The van der Waals surface area contributed by atoms with Gasteiger partial charge in [0.2, 0.25) is 5.95 Å². The minimum atomic E-state index is -0.167. The predicted molar refractivity (Wildman–Crippen MR) is 101 cm³/mol. The summed E-state index contributed by atoms with van der Waals surface area (Å²) in [6, 6.07) is 13.7. The molecule has 0 fully saturated rings. The van der Waals surface area contributed by atoms with Crippen molar-refractivity contribution >= 4 is 27.6 Å². The van der Waals surface area contributed by atoms with Gasteiger partial charge in [0, 0.05) is 10.2 Å². The van der Waals surface area contributed by atoms with E-state index in [1.807, 2.05) is 42.5 Å². The molecule has 0 saturated carbocycles. The van der Waals surface area contributed by atoms with E-state index in [4.69, 9.17) is 9.47 Å². The van der Waals surface area contributed by atoms with Gasteiger partial charge in [0.05, 0.1) is 14.2 Å². The van der Waals surface area contributed by atoms with Crippen molar-refractivity contribution in [3.8, 4) is 11.5 Å². The van der Waals surface area contributed by atoms with Crippen LogP contribution in [-0.2, 0) is 0 Å². The molecule has 0 bridgehead atoms. The first-order valence-electron chi connectivity index (χ1n) is 7.94. The van der Waals surface area contributed by atoms with Gasteiger partial charge < -0.3 is 14.8 Å². The molecule has 0 spiro atoms. The number of fused-ring (bicyclic) bond motifs is 1. The Morgan fingerprint density at radius 2 is 1.81 bits per heavy atom. The lowest BCUT2D eigenvalue weighted by molar-refractivity contribution is 0.354. The lowest BCUT2D eigenvalue weighted by atomic mass is 10.0. The maximum absolute atomic E-state index is 5.43. The van der Waals surface area contributed by atoms with E-state index in [0.29, 0.717) is 17.4 Å². The van der Waals surface area contributed by atoms with Crippen molar-refractivity contribution in [3.63, 3.8) is 0 Å². The zero-order valence-corrected chi connectivity index (χ0v) is 15.8. The highest BCUT2D eigenvalue weighted by Crippen LogP contribution is 2.36. The quantitative estimate of drug-likeness (QED) is 0.705. The number of benzene rings is 2. The molecule has 0 saturated heterocycles. The van der Waals surface area contributed by atoms with Gasteiger partial charge in [-0.25, -0.2) is 0 Å². The van der Waals surface area contributed by atoms with Gasteiger partial charge in [-0.3, -0.25) is 0 Å². The Labute approximate surface area is 158 Å². The minimum Gasteiger partial charge on any atom is -0.493 e. The molecule has 26 heavy (non-hydrogen) atoms. The molecule has 7 nitrogen and oxygen atoms in total. The zero-order chi connectivity index (χ0) is 18.1. The third kappa shape index (κ3) is 2.92. The van der Waals surface area contributed by atoms with E-state index in [-0.39, 0.29) is 6.04 Å². The fourth-order valence-corrected chi connectivity index (χ4v) is 3.19. The van der Waals surface area contributed by atoms with Crippen LogP contribution in [0.4, 0.5) is 5.95 Å². The van der Waals surface area contributed by atoms with E-state index in [2.05, 4.69) is 42.8 Å². The predicted octanol–water partition coefficient (Wildman–Crippen LogP) is 3.51. The monoisotopic (exact) mass is 413 g/mol. The first-order valence-corrected chi connectivity index (χ1v) is 8.73. The minimum absolute atomic E-state index is 0.167. The van der Waals surface area contributed by atoms with E-state index < -0.39 is 0 Å². The fourth-order valence-electron chi connectivity index (χ4n) is 2.93. The molecule has 0 amide bonds. The molecule has 1 N–H and O–H groups in total. The van der Waals surface area contributed by atoms with Gasteiger partial charge in [-0.2, -0.15) is 4.68 Å². The number of tetrazole rings is 1. The zero-order valence-electron chi connectivity index (χ0n) is 14.2. The van der Waals surface area contributed by atoms with Crippen molar-refractivity contribution in [2.75, 3.05) is 19.5 Å². The summed E-state index contributed by atoms with van der Waals surface area (Å²) in [7, 11) is 3.24. The molecule has 1 aromatic heterocycles. The normalized spacial score (nSPS) is 15.7. The average molecular weight is 414 g/mol. The molecule has 3 aromatic rings. The molecule has 2 heterocycles. The van der Waals surface area contributed by atoms with Crippen LogP contribution in [0.15, 0.2) is 53.0 Å². The number of aromatic nitrogens is 4. The highest BCUT2D eigenvalue weighted by molar-refractivity contribution is 9.10. The third-order valence-corrected chi connectivity index (χ3v) is 4.76. The Kier molecular flexibility index (Phi) is 4.34. The van der Waals surface area contributed by atoms with Crippen LogP contribution in [0.1, 0.15) is 17.2 Å². The number of allylic oxidation sites excluding steroid dienone is 1. The Morgan fingerprint density at radius 1 is 1.04 bits per heavy atom. The smallest absolute Gasteiger partial charge is 0.248 e. The van der Waals surface area contributed by atoms with Crippen molar-refractivity contribution in [3.05, 3.63) is 64.1 Å².